The van der Waals surface area contributed by atoms with Crippen LogP contribution in [0.5, 0.6) is 11.5 Å². The van der Waals surface area contributed by atoms with E-state index in [1.165, 1.54) is 0 Å². The number of hydrogen-bond acceptors (Lipinski definition) is 5. The number of carbonyl (C=O) groups excluding carboxylic acids is 1. The first kappa shape index (κ1) is 14.8. The molecule has 0 aliphatic rings. The Kier molecular flexibility index (Phi) is 4.05. The van der Waals surface area contributed by atoms with Gasteiger partial charge >= 0.3 is 0 Å². The van der Waals surface area contributed by atoms with Crippen molar-refractivity contribution in [2.75, 3.05) is 14.2 Å². The molecule has 0 aliphatic heterocycles. The number of hydrogen-bond donors (Lipinski definition) is 0. The van der Waals surface area contributed by atoms with Crippen molar-refractivity contribution in [1.29, 1.82) is 0 Å². The second-order valence-electron chi connectivity index (χ2n) is 4.78. The van der Waals surface area contributed by atoms with Crippen molar-refractivity contribution in [3.63, 3.8) is 0 Å². The topological polar surface area (TPSA) is 66.2 Å². The fourth-order valence-corrected chi connectivity index (χ4v) is 2.30. The predicted octanol–water partition coefficient (Wildman–Crippen LogP) is 2.76. The Morgan fingerprint density at radius 3 is 2.00 bits per heavy atom. The molecule has 3 rings (SSSR count). The lowest BCUT2D eigenvalue weighted by molar-refractivity contribution is 0.111. The quantitative estimate of drug-likeness (QED) is 0.678. The van der Waals surface area contributed by atoms with Crippen molar-refractivity contribution in [2.24, 2.45) is 0 Å². The van der Waals surface area contributed by atoms with Crippen LogP contribution in [-0.2, 0) is 0 Å². The van der Waals surface area contributed by atoms with Gasteiger partial charge in [0.25, 0.3) is 0 Å². The van der Waals surface area contributed by atoms with Gasteiger partial charge in [-0.05, 0) is 48.5 Å². The number of benzene rings is 2. The third-order valence-electron chi connectivity index (χ3n) is 3.49. The molecule has 2 aromatic carbocycles. The van der Waals surface area contributed by atoms with E-state index in [0.717, 1.165) is 22.7 Å². The second-order valence-corrected chi connectivity index (χ2v) is 4.78. The molecule has 6 nitrogen and oxygen atoms in total. The Labute approximate surface area is 133 Å². The number of methoxy groups -OCH3 is 2. The van der Waals surface area contributed by atoms with Crippen LogP contribution in [0.1, 0.15) is 10.5 Å². The lowest BCUT2D eigenvalue weighted by Gasteiger charge is -2.08. The highest BCUT2D eigenvalue weighted by Crippen LogP contribution is 2.27. The van der Waals surface area contributed by atoms with E-state index in [2.05, 4.69) is 10.3 Å². The van der Waals surface area contributed by atoms with Crippen LogP contribution in [0.4, 0.5) is 0 Å². The molecule has 1 aromatic heterocycles. The molecule has 0 atom stereocenters. The molecule has 3 aromatic rings. The Balaban J connectivity index is 2.10. The summed E-state index contributed by atoms with van der Waals surface area (Å²) >= 11 is 0. The van der Waals surface area contributed by atoms with Gasteiger partial charge < -0.3 is 9.47 Å². The first-order valence-corrected chi connectivity index (χ1v) is 6.96. The first-order valence-electron chi connectivity index (χ1n) is 6.96. The van der Waals surface area contributed by atoms with Crippen molar-refractivity contribution in [3.8, 4) is 28.4 Å². The summed E-state index contributed by atoms with van der Waals surface area (Å²) in [6, 6.07) is 14.8. The number of aromatic nitrogens is 3. The summed E-state index contributed by atoms with van der Waals surface area (Å²) in [7, 11) is 3.22. The SMILES string of the molecule is COc1ccc(-c2c(C=O)nnn2-c2ccc(OC)cc2)cc1. The molecular formula is C17H15N3O3. The molecule has 0 saturated heterocycles. The monoisotopic (exact) mass is 309 g/mol. The maximum atomic E-state index is 11.3. The van der Waals surface area contributed by atoms with Crippen molar-refractivity contribution in [3.05, 3.63) is 54.2 Å². The highest BCUT2D eigenvalue weighted by molar-refractivity contribution is 5.84. The molecule has 0 aliphatic carbocycles. The molecule has 23 heavy (non-hydrogen) atoms. The van der Waals surface area contributed by atoms with Gasteiger partial charge in [-0.25, -0.2) is 4.68 Å². The van der Waals surface area contributed by atoms with Gasteiger partial charge in [-0.2, -0.15) is 0 Å². The van der Waals surface area contributed by atoms with Gasteiger partial charge in [0.1, 0.15) is 17.2 Å². The average molecular weight is 309 g/mol. The van der Waals surface area contributed by atoms with Crippen LogP contribution in [0.3, 0.4) is 0 Å². The largest absolute Gasteiger partial charge is 0.497 e. The summed E-state index contributed by atoms with van der Waals surface area (Å²) < 4.78 is 11.9. The van der Waals surface area contributed by atoms with Crippen LogP contribution < -0.4 is 9.47 Å². The number of rotatable bonds is 5. The molecule has 0 fully saturated rings. The second kappa shape index (κ2) is 6.31. The van der Waals surface area contributed by atoms with Gasteiger partial charge in [0.2, 0.25) is 0 Å². The lowest BCUT2D eigenvalue weighted by atomic mass is 10.1. The van der Waals surface area contributed by atoms with Crippen LogP contribution in [0.2, 0.25) is 0 Å². The van der Waals surface area contributed by atoms with Crippen molar-refractivity contribution in [1.82, 2.24) is 15.0 Å². The summed E-state index contributed by atoms with van der Waals surface area (Å²) in [5, 5.41) is 8.05. The van der Waals surface area contributed by atoms with E-state index in [1.54, 1.807) is 18.9 Å². The summed E-state index contributed by atoms with van der Waals surface area (Å²) in [6.07, 6.45) is 0.701. The normalized spacial score (nSPS) is 10.3. The van der Waals surface area contributed by atoms with Crippen LogP contribution >= 0.6 is 0 Å². The Bertz CT molecular complexity index is 808. The molecule has 116 valence electrons. The zero-order valence-corrected chi connectivity index (χ0v) is 12.8. The van der Waals surface area contributed by atoms with Gasteiger partial charge in [-0.3, -0.25) is 4.79 Å². The maximum absolute atomic E-state index is 11.3. The highest BCUT2D eigenvalue weighted by atomic mass is 16.5. The number of aldehydes is 1. The molecule has 1 heterocycles. The van der Waals surface area contributed by atoms with Gasteiger partial charge in [0.15, 0.2) is 12.0 Å². The standard InChI is InChI=1S/C17H15N3O3/c1-22-14-7-3-12(4-8-14)17-16(11-21)18-19-20(17)13-5-9-15(23-2)10-6-13/h3-11H,1-2H3. The van der Waals surface area contributed by atoms with E-state index < -0.39 is 0 Å². The van der Waals surface area contributed by atoms with E-state index in [1.807, 2.05) is 48.5 Å². The minimum atomic E-state index is 0.283. The molecule has 0 unspecified atom stereocenters. The Morgan fingerprint density at radius 1 is 0.913 bits per heavy atom. The first-order chi connectivity index (χ1) is 11.3. The molecule has 0 N–H and O–H groups in total. The molecule has 0 saturated carbocycles. The zero-order valence-electron chi connectivity index (χ0n) is 12.8. The minimum absolute atomic E-state index is 0.283. The third-order valence-corrected chi connectivity index (χ3v) is 3.49. The maximum Gasteiger partial charge on any atom is 0.172 e. The lowest BCUT2D eigenvalue weighted by Crippen LogP contribution is -2.00. The fourth-order valence-electron chi connectivity index (χ4n) is 2.30. The number of carbonyl (C=O) groups is 1. The van der Waals surface area contributed by atoms with Crippen molar-refractivity contribution < 1.29 is 14.3 Å². The van der Waals surface area contributed by atoms with Gasteiger partial charge in [0, 0.05) is 5.56 Å². The van der Waals surface area contributed by atoms with Gasteiger partial charge in [-0.15, -0.1) is 5.10 Å². The van der Waals surface area contributed by atoms with Crippen LogP contribution in [0.15, 0.2) is 48.5 Å². The van der Waals surface area contributed by atoms with E-state index >= 15 is 0 Å². The Hall–Kier alpha value is -3.15. The molecule has 0 amide bonds. The number of nitrogens with zero attached hydrogens (tertiary/aromatic N) is 3. The molecule has 0 bridgehead atoms. The van der Waals surface area contributed by atoms with Gasteiger partial charge in [0.05, 0.1) is 19.9 Å². The predicted molar refractivity (Wildman–Crippen MR) is 85.3 cm³/mol. The number of ether oxygens (including phenoxy) is 2. The molecule has 0 spiro atoms. The van der Waals surface area contributed by atoms with Crippen molar-refractivity contribution in [2.45, 2.75) is 0 Å². The molecule has 6 heteroatoms. The molecular weight excluding hydrogens is 294 g/mol. The summed E-state index contributed by atoms with van der Waals surface area (Å²) in [4.78, 5) is 11.3. The summed E-state index contributed by atoms with van der Waals surface area (Å²) in [5.41, 5.74) is 2.53. The zero-order chi connectivity index (χ0) is 16.2. The molecule has 0 radical (unpaired) electrons. The Morgan fingerprint density at radius 2 is 1.48 bits per heavy atom. The van der Waals surface area contributed by atoms with Crippen LogP contribution in [-0.4, -0.2) is 35.5 Å². The van der Waals surface area contributed by atoms with E-state index in [4.69, 9.17) is 9.47 Å². The van der Waals surface area contributed by atoms with Crippen molar-refractivity contribution >= 4 is 6.29 Å². The van der Waals surface area contributed by atoms with E-state index in [-0.39, 0.29) is 5.69 Å². The van der Waals surface area contributed by atoms with Crippen LogP contribution in [0.25, 0.3) is 16.9 Å². The van der Waals surface area contributed by atoms with E-state index in [9.17, 15) is 4.79 Å². The minimum Gasteiger partial charge on any atom is -0.497 e. The van der Waals surface area contributed by atoms with Crippen LogP contribution in [0, 0.1) is 0 Å². The van der Waals surface area contributed by atoms with E-state index in [0.29, 0.717) is 12.0 Å². The fraction of sp³-hybridized carbons (Fsp3) is 0.118. The average Bonchev–Trinajstić information content (AvgIpc) is 3.06. The third kappa shape index (κ3) is 2.78. The van der Waals surface area contributed by atoms with Gasteiger partial charge in [-0.1, -0.05) is 5.21 Å². The highest BCUT2D eigenvalue weighted by Gasteiger charge is 2.16. The smallest absolute Gasteiger partial charge is 0.172 e. The summed E-state index contributed by atoms with van der Waals surface area (Å²) in [5.74, 6) is 1.49. The summed E-state index contributed by atoms with van der Waals surface area (Å²) in [6.45, 7) is 0.